The first-order valence-electron chi connectivity index (χ1n) is 9.52. The van der Waals surface area contributed by atoms with Crippen LogP contribution >= 0.6 is 0 Å². The van der Waals surface area contributed by atoms with Crippen molar-refractivity contribution in [2.75, 3.05) is 12.4 Å². The number of esters is 1. The van der Waals surface area contributed by atoms with Crippen molar-refractivity contribution in [2.24, 2.45) is 4.99 Å². The molecule has 3 N–H and O–H groups in total. The van der Waals surface area contributed by atoms with Crippen LogP contribution in [0.3, 0.4) is 0 Å². The van der Waals surface area contributed by atoms with Gasteiger partial charge in [-0.2, -0.15) is 0 Å². The van der Waals surface area contributed by atoms with E-state index in [1.165, 1.54) is 21.0 Å². The van der Waals surface area contributed by atoms with Gasteiger partial charge in [0.05, 0.1) is 18.5 Å². The van der Waals surface area contributed by atoms with E-state index in [4.69, 9.17) is 4.74 Å². The van der Waals surface area contributed by atoms with Crippen molar-refractivity contribution in [3.8, 4) is 0 Å². The summed E-state index contributed by atoms with van der Waals surface area (Å²) in [7, 11) is 1.28. The zero-order valence-electron chi connectivity index (χ0n) is 17.9. The lowest BCUT2D eigenvalue weighted by molar-refractivity contribution is -0.117. The SMILES string of the molecule is COC(=O)c1c(NC(C)=O)[nH]c(C=C2N=C(NC(C)=O)C(c3ccccn3)=C2C)c1C. The molecule has 9 nitrogen and oxygen atoms in total. The highest BCUT2D eigenvalue weighted by atomic mass is 16.5. The number of amidine groups is 1. The van der Waals surface area contributed by atoms with Gasteiger partial charge in [-0.3, -0.25) is 14.6 Å². The van der Waals surface area contributed by atoms with Crippen LogP contribution in [0.15, 0.2) is 40.7 Å². The van der Waals surface area contributed by atoms with Crippen molar-refractivity contribution in [3.05, 3.63) is 58.2 Å². The number of H-pyrrole nitrogens is 1. The Hall–Kier alpha value is -4.01. The molecule has 0 aliphatic carbocycles. The van der Waals surface area contributed by atoms with Gasteiger partial charge in [-0.05, 0) is 43.2 Å². The third-order valence-electron chi connectivity index (χ3n) is 4.70. The molecule has 1 aliphatic rings. The van der Waals surface area contributed by atoms with E-state index in [1.807, 2.05) is 19.1 Å². The Kier molecular flexibility index (Phi) is 6.15. The van der Waals surface area contributed by atoms with Gasteiger partial charge in [0.15, 0.2) is 0 Å². The average molecular weight is 421 g/mol. The van der Waals surface area contributed by atoms with Gasteiger partial charge in [0.1, 0.15) is 17.2 Å². The minimum Gasteiger partial charge on any atom is -0.465 e. The van der Waals surface area contributed by atoms with Crippen LogP contribution in [-0.4, -0.2) is 40.7 Å². The summed E-state index contributed by atoms with van der Waals surface area (Å²) in [6, 6.07) is 5.50. The first-order chi connectivity index (χ1) is 14.7. The van der Waals surface area contributed by atoms with Crippen LogP contribution in [0.5, 0.6) is 0 Å². The number of aromatic amines is 1. The van der Waals surface area contributed by atoms with E-state index >= 15 is 0 Å². The number of ether oxygens (including phenoxy) is 1. The minimum atomic E-state index is -0.572. The summed E-state index contributed by atoms with van der Waals surface area (Å²) in [6.07, 6.45) is 3.42. The second kappa shape index (κ2) is 8.78. The van der Waals surface area contributed by atoms with Crippen LogP contribution in [0.1, 0.15) is 48.1 Å². The number of carbonyl (C=O) groups excluding carboxylic acids is 3. The number of pyridine rings is 1. The maximum Gasteiger partial charge on any atom is 0.341 e. The van der Waals surface area contributed by atoms with Crippen molar-refractivity contribution in [2.45, 2.75) is 27.7 Å². The first kappa shape index (κ1) is 21.7. The van der Waals surface area contributed by atoms with E-state index in [0.717, 1.165) is 5.57 Å². The topological polar surface area (TPSA) is 126 Å². The van der Waals surface area contributed by atoms with E-state index in [2.05, 4.69) is 25.6 Å². The summed E-state index contributed by atoms with van der Waals surface area (Å²) in [6.45, 7) is 6.38. The van der Waals surface area contributed by atoms with Crippen LogP contribution in [-0.2, 0) is 14.3 Å². The number of amides is 2. The van der Waals surface area contributed by atoms with E-state index in [0.29, 0.717) is 34.1 Å². The molecule has 0 fully saturated rings. The number of aromatic nitrogens is 2. The third kappa shape index (κ3) is 4.45. The second-order valence-electron chi connectivity index (χ2n) is 6.97. The number of allylic oxidation sites excluding steroid dienone is 1. The molecule has 3 rings (SSSR count). The number of carbonyl (C=O) groups is 3. The molecule has 0 saturated heterocycles. The van der Waals surface area contributed by atoms with Crippen LogP contribution in [0.4, 0.5) is 5.82 Å². The Bertz CT molecular complexity index is 1160. The summed E-state index contributed by atoms with van der Waals surface area (Å²) in [5.74, 6) is -0.504. The quantitative estimate of drug-likeness (QED) is 0.655. The van der Waals surface area contributed by atoms with E-state index in [1.54, 1.807) is 25.3 Å². The molecule has 0 radical (unpaired) electrons. The number of anilines is 1. The van der Waals surface area contributed by atoms with Crippen molar-refractivity contribution in [1.29, 1.82) is 0 Å². The average Bonchev–Trinajstić information content (AvgIpc) is 3.17. The number of nitrogens with zero attached hydrogens (tertiary/aromatic N) is 2. The van der Waals surface area contributed by atoms with Crippen molar-refractivity contribution >= 4 is 41.1 Å². The Morgan fingerprint density at radius 1 is 1.10 bits per heavy atom. The number of hydrogen-bond donors (Lipinski definition) is 3. The maximum absolute atomic E-state index is 12.3. The molecule has 2 aromatic heterocycles. The van der Waals surface area contributed by atoms with Crippen LogP contribution in [0, 0.1) is 6.92 Å². The Labute approximate surface area is 179 Å². The molecule has 0 unspecified atom stereocenters. The molecule has 31 heavy (non-hydrogen) atoms. The monoisotopic (exact) mass is 421 g/mol. The fourth-order valence-corrected chi connectivity index (χ4v) is 3.31. The molecule has 0 atom stereocenters. The lowest BCUT2D eigenvalue weighted by Crippen LogP contribution is -2.28. The first-order valence-corrected chi connectivity index (χ1v) is 9.52. The van der Waals surface area contributed by atoms with Gasteiger partial charge in [0.2, 0.25) is 11.8 Å². The molecule has 160 valence electrons. The molecule has 3 heterocycles. The van der Waals surface area contributed by atoms with Crippen LogP contribution in [0.2, 0.25) is 0 Å². The van der Waals surface area contributed by atoms with Gasteiger partial charge >= 0.3 is 5.97 Å². The van der Waals surface area contributed by atoms with Gasteiger partial charge in [0, 0.05) is 31.3 Å². The maximum atomic E-state index is 12.3. The number of rotatable bonds is 4. The highest BCUT2D eigenvalue weighted by molar-refractivity contribution is 6.29. The fraction of sp³-hybridized carbons (Fsp3) is 0.227. The molecule has 0 aromatic carbocycles. The molecular weight excluding hydrogens is 398 g/mol. The van der Waals surface area contributed by atoms with Gasteiger partial charge in [-0.1, -0.05) is 6.07 Å². The number of nitrogens with one attached hydrogen (secondary N) is 3. The summed E-state index contributed by atoms with van der Waals surface area (Å²) >= 11 is 0. The smallest absolute Gasteiger partial charge is 0.341 e. The van der Waals surface area contributed by atoms with Crippen LogP contribution < -0.4 is 10.6 Å². The Morgan fingerprint density at radius 3 is 2.39 bits per heavy atom. The normalized spacial score (nSPS) is 14.5. The van der Waals surface area contributed by atoms with Gasteiger partial charge < -0.3 is 20.4 Å². The fourth-order valence-electron chi connectivity index (χ4n) is 3.31. The highest BCUT2D eigenvalue weighted by Gasteiger charge is 2.26. The molecule has 9 heteroatoms. The molecule has 2 aromatic rings. The largest absolute Gasteiger partial charge is 0.465 e. The third-order valence-corrected chi connectivity index (χ3v) is 4.70. The zero-order chi connectivity index (χ0) is 22.7. The van der Waals surface area contributed by atoms with E-state index in [-0.39, 0.29) is 23.2 Å². The summed E-state index contributed by atoms with van der Waals surface area (Å²) < 4.78 is 4.86. The Morgan fingerprint density at radius 2 is 1.81 bits per heavy atom. The number of aliphatic imine (C=N–C) groups is 1. The molecule has 0 bridgehead atoms. The molecule has 0 saturated carbocycles. The summed E-state index contributed by atoms with van der Waals surface area (Å²) in [5, 5.41) is 5.37. The predicted molar refractivity (Wildman–Crippen MR) is 117 cm³/mol. The molecular formula is C22H23N5O4. The molecule has 0 spiro atoms. The standard InChI is InChI=1S/C22H23N5O4/c1-11-16(26-20(24-13(3)28)18(11)15-8-6-7-9-23-15)10-17-12(2)19(22(30)31-5)21(27-17)25-14(4)29/h6-10,27H,1-5H3,(H,25,29)(H,24,26,28). The van der Waals surface area contributed by atoms with Crippen molar-refractivity contribution in [1.82, 2.24) is 15.3 Å². The van der Waals surface area contributed by atoms with Gasteiger partial charge in [0.25, 0.3) is 0 Å². The highest BCUT2D eigenvalue weighted by Crippen LogP contribution is 2.33. The summed E-state index contributed by atoms with van der Waals surface area (Å²) in [5.41, 5.74) is 4.18. The van der Waals surface area contributed by atoms with Crippen molar-refractivity contribution < 1.29 is 19.1 Å². The second-order valence-corrected chi connectivity index (χ2v) is 6.97. The van der Waals surface area contributed by atoms with E-state index < -0.39 is 5.97 Å². The lowest BCUT2D eigenvalue weighted by atomic mass is 10.0. The minimum absolute atomic E-state index is 0.236. The number of methoxy groups -OCH3 is 1. The van der Waals surface area contributed by atoms with Gasteiger partial charge in [-0.25, -0.2) is 9.79 Å². The summed E-state index contributed by atoms with van der Waals surface area (Å²) in [4.78, 5) is 47.5. The van der Waals surface area contributed by atoms with Crippen LogP contribution in [0.25, 0.3) is 11.6 Å². The van der Waals surface area contributed by atoms with Crippen molar-refractivity contribution in [3.63, 3.8) is 0 Å². The predicted octanol–water partition coefficient (Wildman–Crippen LogP) is 2.83. The Balaban J connectivity index is 2.14. The number of hydrogen-bond acceptors (Lipinski definition) is 6. The molecule has 2 amide bonds. The molecule has 1 aliphatic heterocycles. The van der Waals surface area contributed by atoms with E-state index in [9.17, 15) is 14.4 Å². The van der Waals surface area contributed by atoms with Gasteiger partial charge in [-0.15, -0.1) is 0 Å². The lowest BCUT2D eigenvalue weighted by Gasteiger charge is -2.07. The zero-order valence-corrected chi connectivity index (χ0v) is 17.9.